The summed E-state index contributed by atoms with van der Waals surface area (Å²) in [5, 5.41) is 4.19. The van der Waals surface area contributed by atoms with E-state index in [1.165, 1.54) is 15.6 Å². The Kier molecular flexibility index (Phi) is 5.61. The fourth-order valence-corrected chi connectivity index (χ4v) is 11.9. The first-order valence-corrected chi connectivity index (χ1v) is 13.3. The van der Waals surface area contributed by atoms with Crippen LogP contribution in [0.15, 0.2) is 91.0 Å². The molecular formula is C23H28OSi2. The van der Waals surface area contributed by atoms with Crippen molar-refractivity contribution in [3.63, 3.8) is 0 Å². The quantitative estimate of drug-likeness (QED) is 0.615. The Labute approximate surface area is 160 Å². The van der Waals surface area contributed by atoms with Crippen LogP contribution in [0.5, 0.6) is 0 Å². The van der Waals surface area contributed by atoms with E-state index in [0.717, 1.165) is 0 Å². The standard InChI is InChI=1S/C23H28OSi2/c1-23(2,3)25(20-14-8-5-9-15-20)24-26(4,21-16-10-6-11-17-21)22-18-12-7-13-19-22/h5-19,25H,1-4H3/t25-/m1/s1. The number of hydrogen-bond donors (Lipinski definition) is 0. The molecule has 3 heteroatoms. The molecule has 0 bridgehead atoms. The Hall–Kier alpha value is -1.95. The van der Waals surface area contributed by atoms with Crippen LogP contribution in [0.4, 0.5) is 0 Å². The van der Waals surface area contributed by atoms with Crippen molar-refractivity contribution in [2.75, 3.05) is 0 Å². The lowest BCUT2D eigenvalue weighted by atomic mass is 10.2. The largest absolute Gasteiger partial charge is 0.447 e. The predicted octanol–water partition coefficient (Wildman–Crippen LogP) is 3.82. The number of hydrogen-bond acceptors (Lipinski definition) is 1. The van der Waals surface area contributed by atoms with Crippen LogP contribution >= 0.6 is 0 Å². The van der Waals surface area contributed by atoms with Gasteiger partial charge in [0, 0.05) is 0 Å². The van der Waals surface area contributed by atoms with Gasteiger partial charge in [0.15, 0.2) is 0 Å². The van der Waals surface area contributed by atoms with E-state index in [2.05, 4.69) is 118 Å². The van der Waals surface area contributed by atoms with Gasteiger partial charge >= 0.3 is 0 Å². The summed E-state index contributed by atoms with van der Waals surface area (Å²) in [7, 11) is -3.98. The summed E-state index contributed by atoms with van der Waals surface area (Å²) in [5.74, 6) is 0. The second-order valence-electron chi connectivity index (χ2n) is 8.04. The van der Waals surface area contributed by atoms with Crippen molar-refractivity contribution in [1.82, 2.24) is 0 Å². The molecule has 0 saturated carbocycles. The summed E-state index contributed by atoms with van der Waals surface area (Å²) in [6.07, 6.45) is 0. The van der Waals surface area contributed by atoms with E-state index in [0.29, 0.717) is 0 Å². The summed E-state index contributed by atoms with van der Waals surface area (Å²) in [4.78, 5) is 0. The zero-order valence-corrected chi connectivity index (χ0v) is 18.3. The average molecular weight is 377 g/mol. The zero-order chi connectivity index (χ0) is 18.6. The van der Waals surface area contributed by atoms with Crippen LogP contribution in [0.2, 0.25) is 11.6 Å². The molecule has 3 rings (SSSR count). The Morgan fingerprint density at radius 1 is 0.654 bits per heavy atom. The van der Waals surface area contributed by atoms with Crippen molar-refractivity contribution in [3.05, 3.63) is 91.0 Å². The molecule has 3 aromatic carbocycles. The summed E-state index contributed by atoms with van der Waals surface area (Å²) in [6, 6.07) is 32.5. The van der Waals surface area contributed by atoms with Gasteiger partial charge in [0.05, 0.1) is 0 Å². The van der Waals surface area contributed by atoms with E-state index in [1.54, 1.807) is 0 Å². The van der Waals surface area contributed by atoms with Crippen molar-refractivity contribution in [2.24, 2.45) is 0 Å². The van der Waals surface area contributed by atoms with E-state index in [1.807, 2.05) is 0 Å². The van der Waals surface area contributed by atoms with Gasteiger partial charge in [-0.05, 0) is 27.1 Å². The highest BCUT2D eigenvalue weighted by molar-refractivity contribution is 7.01. The van der Waals surface area contributed by atoms with Crippen LogP contribution in [0.25, 0.3) is 0 Å². The topological polar surface area (TPSA) is 9.23 Å². The van der Waals surface area contributed by atoms with E-state index < -0.39 is 17.4 Å². The highest BCUT2D eigenvalue weighted by Crippen LogP contribution is 2.29. The molecular weight excluding hydrogens is 348 g/mol. The van der Waals surface area contributed by atoms with Crippen LogP contribution in [0, 0.1) is 0 Å². The molecule has 0 saturated heterocycles. The Morgan fingerprint density at radius 2 is 1.04 bits per heavy atom. The summed E-state index contributed by atoms with van der Waals surface area (Å²) in [5.41, 5.74) is 0. The molecule has 1 atom stereocenters. The molecule has 0 aliphatic carbocycles. The van der Waals surface area contributed by atoms with Crippen molar-refractivity contribution in [3.8, 4) is 0 Å². The normalized spacial score (nSPS) is 13.4. The van der Waals surface area contributed by atoms with Gasteiger partial charge in [-0.15, -0.1) is 0 Å². The third kappa shape index (κ3) is 4.06. The molecule has 0 aliphatic heterocycles. The molecule has 0 aromatic heterocycles. The number of rotatable bonds is 5. The molecule has 0 spiro atoms. The Morgan fingerprint density at radius 3 is 1.42 bits per heavy atom. The molecule has 26 heavy (non-hydrogen) atoms. The van der Waals surface area contributed by atoms with Crippen molar-refractivity contribution < 1.29 is 4.12 Å². The maximum Gasteiger partial charge on any atom is 0.241 e. The van der Waals surface area contributed by atoms with E-state index in [-0.39, 0.29) is 5.04 Å². The first kappa shape index (κ1) is 18.8. The van der Waals surface area contributed by atoms with Crippen LogP contribution in [-0.4, -0.2) is 17.4 Å². The zero-order valence-electron chi connectivity index (χ0n) is 16.1. The summed E-state index contributed by atoms with van der Waals surface area (Å²) in [6.45, 7) is 9.32. The van der Waals surface area contributed by atoms with Crippen LogP contribution < -0.4 is 15.6 Å². The van der Waals surface area contributed by atoms with Crippen molar-refractivity contribution >= 4 is 32.9 Å². The molecule has 134 valence electrons. The molecule has 0 unspecified atom stereocenters. The van der Waals surface area contributed by atoms with E-state index in [9.17, 15) is 0 Å². The van der Waals surface area contributed by atoms with E-state index in [4.69, 9.17) is 4.12 Å². The second-order valence-corrected chi connectivity index (χ2v) is 15.4. The van der Waals surface area contributed by atoms with Gasteiger partial charge in [0.25, 0.3) is 0 Å². The van der Waals surface area contributed by atoms with Crippen molar-refractivity contribution in [1.29, 1.82) is 0 Å². The molecule has 0 radical (unpaired) electrons. The van der Waals surface area contributed by atoms with Gasteiger partial charge < -0.3 is 4.12 Å². The molecule has 0 aliphatic rings. The van der Waals surface area contributed by atoms with Gasteiger partial charge in [-0.2, -0.15) is 0 Å². The van der Waals surface area contributed by atoms with Crippen LogP contribution in [0.1, 0.15) is 20.8 Å². The van der Waals surface area contributed by atoms with Gasteiger partial charge in [0.1, 0.15) is 0 Å². The predicted molar refractivity (Wildman–Crippen MR) is 118 cm³/mol. The first-order valence-electron chi connectivity index (χ1n) is 9.25. The minimum absolute atomic E-state index is 0.138. The van der Waals surface area contributed by atoms with Gasteiger partial charge in [-0.1, -0.05) is 112 Å². The average Bonchev–Trinajstić information content (AvgIpc) is 2.67. The maximum absolute atomic E-state index is 7.24. The van der Waals surface area contributed by atoms with Crippen LogP contribution in [0.3, 0.4) is 0 Å². The third-order valence-corrected chi connectivity index (χ3v) is 13.2. The molecule has 0 heterocycles. The highest BCUT2D eigenvalue weighted by atomic mass is 28.4. The lowest BCUT2D eigenvalue weighted by Gasteiger charge is -2.38. The highest BCUT2D eigenvalue weighted by Gasteiger charge is 2.41. The molecule has 0 fully saturated rings. The maximum atomic E-state index is 7.24. The van der Waals surface area contributed by atoms with Crippen LogP contribution in [-0.2, 0) is 4.12 Å². The second kappa shape index (κ2) is 7.74. The summed E-state index contributed by atoms with van der Waals surface area (Å²) >= 11 is 0. The Bertz CT molecular complexity index is 772. The molecule has 1 nitrogen and oxygen atoms in total. The van der Waals surface area contributed by atoms with Gasteiger partial charge in [-0.3, -0.25) is 0 Å². The molecule has 0 amide bonds. The third-order valence-electron chi connectivity index (χ3n) is 4.89. The number of benzene rings is 3. The monoisotopic (exact) mass is 376 g/mol. The minimum Gasteiger partial charge on any atom is -0.447 e. The van der Waals surface area contributed by atoms with Gasteiger partial charge in [-0.25, -0.2) is 0 Å². The lowest BCUT2D eigenvalue weighted by Crippen LogP contribution is -2.63. The first-order chi connectivity index (χ1) is 12.4. The fraction of sp³-hybridized carbons (Fsp3) is 0.217. The summed E-state index contributed by atoms with van der Waals surface area (Å²) < 4.78 is 7.24. The molecule has 0 N–H and O–H groups in total. The fourth-order valence-electron chi connectivity index (χ4n) is 3.42. The van der Waals surface area contributed by atoms with Gasteiger partial charge in [0.2, 0.25) is 17.4 Å². The minimum atomic E-state index is -2.30. The smallest absolute Gasteiger partial charge is 0.241 e. The van der Waals surface area contributed by atoms with E-state index >= 15 is 0 Å². The molecule has 3 aromatic rings. The lowest BCUT2D eigenvalue weighted by molar-refractivity contribution is 0.537. The Balaban J connectivity index is 2.10. The van der Waals surface area contributed by atoms with Crippen molar-refractivity contribution in [2.45, 2.75) is 32.4 Å². The SMILES string of the molecule is CC(C)(C)[Si@H](O[Si](C)(c1ccccc1)c1ccccc1)c1ccccc1.